The van der Waals surface area contributed by atoms with Crippen LogP contribution >= 0.6 is 0 Å². The van der Waals surface area contributed by atoms with E-state index in [1.54, 1.807) is 31.5 Å². The van der Waals surface area contributed by atoms with Crippen molar-refractivity contribution < 1.29 is 35.8 Å². The van der Waals surface area contributed by atoms with Crippen molar-refractivity contribution in [1.29, 1.82) is 0 Å². The molecule has 36 heavy (non-hydrogen) atoms. The first kappa shape index (κ1) is 24.8. The van der Waals surface area contributed by atoms with Gasteiger partial charge in [0.15, 0.2) is 0 Å². The molecule has 186 valence electrons. The second-order valence-corrected chi connectivity index (χ2v) is 7.42. The number of pyridine rings is 1. The van der Waals surface area contributed by atoms with Gasteiger partial charge in [0.05, 0.1) is 5.69 Å². The molecular formula is C24H16F6N4O2. The van der Waals surface area contributed by atoms with Gasteiger partial charge in [0.1, 0.15) is 23.1 Å². The third-order valence-corrected chi connectivity index (χ3v) is 4.65. The van der Waals surface area contributed by atoms with Crippen molar-refractivity contribution in [2.75, 3.05) is 5.32 Å². The molecule has 0 aliphatic carbocycles. The summed E-state index contributed by atoms with van der Waals surface area (Å²) in [6.07, 6.45) is -6.44. The van der Waals surface area contributed by atoms with Crippen LogP contribution in [0.5, 0.6) is 11.5 Å². The van der Waals surface area contributed by atoms with E-state index in [1.807, 2.05) is 0 Å². The molecule has 6 nitrogen and oxygen atoms in total. The summed E-state index contributed by atoms with van der Waals surface area (Å²) in [6.45, 7) is 1.67. The number of halogens is 6. The molecule has 0 unspecified atom stereocenters. The number of hydrogen-bond acceptors (Lipinski definition) is 6. The number of aromatic nitrogens is 3. The third kappa shape index (κ3) is 6.84. The van der Waals surface area contributed by atoms with Gasteiger partial charge < -0.3 is 14.8 Å². The second kappa shape index (κ2) is 9.72. The molecule has 2 aromatic carbocycles. The average Bonchev–Trinajstić information content (AvgIpc) is 2.79. The van der Waals surface area contributed by atoms with E-state index >= 15 is 0 Å². The highest BCUT2D eigenvalue weighted by Gasteiger charge is 2.31. The molecule has 0 amide bonds. The van der Waals surface area contributed by atoms with Crippen LogP contribution in [0.15, 0.2) is 73.1 Å². The maximum Gasteiger partial charge on any atom is 0.573 e. The molecule has 0 saturated carbocycles. The number of hydrogen-bond donors (Lipinski definition) is 1. The molecule has 4 aromatic rings. The lowest BCUT2D eigenvalue weighted by Gasteiger charge is -2.12. The number of anilines is 2. The van der Waals surface area contributed by atoms with Gasteiger partial charge in [-0.3, -0.25) is 4.98 Å². The van der Waals surface area contributed by atoms with Crippen LogP contribution in [-0.2, 0) is 0 Å². The predicted molar refractivity (Wildman–Crippen MR) is 119 cm³/mol. The average molecular weight is 506 g/mol. The Labute approximate surface area is 200 Å². The molecule has 0 aliphatic rings. The van der Waals surface area contributed by atoms with Crippen LogP contribution in [0.25, 0.3) is 22.4 Å². The summed E-state index contributed by atoms with van der Waals surface area (Å²) in [5, 5.41) is 3.00. The minimum Gasteiger partial charge on any atom is -0.406 e. The Morgan fingerprint density at radius 3 is 1.81 bits per heavy atom. The molecule has 0 spiro atoms. The zero-order valence-electron chi connectivity index (χ0n) is 18.4. The van der Waals surface area contributed by atoms with Crippen molar-refractivity contribution in [1.82, 2.24) is 15.0 Å². The molecule has 1 N–H and O–H groups in total. The van der Waals surface area contributed by atoms with Crippen molar-refractivity contribution in [3.8, 4) is 33.9 Å². The van der Waals surface area contributed by atoms with Crippen LogP contribution in [0.2, 0.25) is 0 Å². The van der Waals surface area contributed by atoms with Crippen molar-refractivity contribution >= 4 is 11.5 Å². The maximum atomic E-state index is 12.4. The standard InChI is InChI=1S/C24H16F6N4O2/c1-14-32-21(11-22(33-14)34-18-4-8-20(9-5-18)36-24(28,29)30)17-10-16(12-31-13-17)15-2-6-19(7-3-15)35-23(25,26)27/h2-13H,1H3,(H,32,33,34). The van der Waals surface area contributed by atoms with E-state index in [0.29, 0.717) is 39.7 Å². The lowest BCUT2D eigenvalue weighted by molar-refractivity contribution is -0.275. The fourth-order valence-electron chi connectivity index (χ4n) is 3.25. The van der Waals surface area contributed by atoms with Crippen LogP contribution in [0, 0.1) is 6.92 Å². The first-order valence-electron chi connectivity index (χ1n) is 10.2. The quantitative estimate of drug-likeness (QED) is 0.283. The molecule has 2 aromatic heterocycles. The minimum absolute atomic E-state index is 0.337. The Kier molecular flexibility index (Phi) is 6.69. The largest absolute Gasteiger partial charge is 0.573 e. The Morgan fingerprint density at radius 1 is 0.667 bits per heavy atom. The Morgan fingerprint density at radius 2 is 1.22 bits per heavy atom. The molecule has 0 bridgehead atoms. The topological polar surface area (TPSA) is 69.2 Å². The third-order valence-electron chi connectivity index (χ3n) is 4.65. The number of aryl methyl sites for hydroxylation is 1. The number of nitrogens with one attached hydrogen (secondary N) is 1. The summed E-state index contributed by atoms with van der Waals surface area (Å²) in [5.41, 5.74) is 2.85. The SMILES string of the molecule is Cc1nc(Nc2ccc(OC(F)(F)F)cc2)cc(-c2cncc(-c3ccc(OC(F)(F)F)cc3)c2)n1. The maximum absolute atomic E-state index is 12.4. The van der Waals surface area contributed by atoms with E-state index < -0.39 is 12.7 Å². The normalized spacial score (nSPS) is 11.8. The van der Waals surface area contributed by atoms with Gasteiger partial charge in [-0.25, -0.2) is 9.97 Å². The van der Waals surface area contributed by atoms with Crippen molar-refractivity contribution in [3.63, 3.8) is 0 Å². The summed E-state index contributed by atoms with van der Waals surface area (Å²) in [7, 11) is 0. The fraction of sp³-hybridized carbons (Fsp3) is 0.125. The Bertz CT molecular complexity index is 1340. The van der Waals surface area contributed by atoms with E-state index in [9.17, 15) is 26.3 Å². The van der Waals surface area contributed by atoms with Gasteiger partial charge in [-0.15, -0.1) is 26.3 Å². The van der Waals surface area contributed by atoms with Crippen molar-refractivity contribution in [2.24, 2.45) is 0 Å². The molecule has 4 rings (SSSR count). The lowest BCUT2D eigenvalue weighted by atomic mass is 10.0. The van der Waals surface area contributed by atoms with Crippen molar-refractivity contribution in [2.45, 2.75) is 19.6 Å². The van der Waals surface area contributed by atoms with Gasteiger partial charge in [-0.1, -0.05) is 12.1 Å². The van der Waals surface area contributed by atoms with Crippen LogP contribution in [0.4, 0.5) is 37.8 Å². The number of nitrogens with zero attached hydrogens (tertiary/aromatic N) is 3. The molecule has 0 radical (unpaired) electrons. The van der Waals surface area contributed by atoms with E-state index in [1.165, 1.54) is 48.5 Å². The Balaban J connectivity index is 1.54. The summed E-state index contributed by atoms with van der Waals surface area (Å²) in [4.78, 5) is 12.9. The van der Waals surface area contributed by atoms with Gasteiger partial charge in [0.2, 0.25) is 0 Å². The van der Waals surface area contributed by atoms with Gasteiger partial charge in [-0.2, -0.15) is 0 Å². The molecule has 0 fully saturated rings. The molecular weight excluding hydrogens is 490 g/mol. The predicted octanol–water partition coefficient (Wildman–Crippen LogP) is 7.05. The summed E-state index contributed by atoms with van der Waals surface area (Å²) >= 11 is 0. The molecule has 2 heterocycles. The van der Waals surface area contributed by atoms with Gasteiger partial charge >= 0.3 is 12.7 Å². The van der Waals surface area contributed by atoms with E-state index in [2.05, 4.69) is 29.7 Å². The van der Waals surface area contributed by atoms with Crippen molar-refractivity contribution in [3.05, 3.63) is 78.9 Å². The van der Waals surface area contributed by atoms with Gasteiger partial charge in [-0.05, 0) is 55.0 Å². The first-order chi connectivity index (χ1) is 16.9. The van der Waals surface area contributed by atoms with Gasteiger partial charge in [0, 0.05) is 35.3 Å². The van der Waals surface area contributed by atoms with Crippen LogP contribution < -0.4 is 14.8 Å². The van der Waals surface area contributed by atoms with E-state index in [0.717, 1.165) is 0 Å². The van der Waals surface area contributed by atoms with E-state index in [-0.39, 0.29) is 11.5 Å². The van der Waals surface area contributed by atoms with Crippen LogP contribution in [-0.4, -0.2) is 27.7 Å². The zero-order chi connectivity index (χ0) is 25.9. The summed E-state index contributed by atoms with van der Waals surface area (Å²) in [5.74, 6) is 0.121. The number of ether oxygens (including phenoxy) is 2. The zero-order valence-corrected chi connectivity index (χ0v) is 18.4. The monoisotopic (exact) mass is 506 g/mol. The fourth-order valence-corrected chi connectivity index (χ4v) is 3.25. The van der Waals surface area contributed by atoms with E-state index in [4.69, 9.17) is 0 Å². The first-order valence-corrected chi connectivity index (χ1v) is 10.2. The lowest BCUT2D eigenvalue weighted by Crippen LogP contribution is -2.17. The highest BCUT2D eigenvalue weighted by Crippen LogP contribution is 2.30. The summed E-state index contributed by atoms with van der Waals surface area (Å²) < 4.78 is 82.0. The number of alkyl halides is 6. The molecule has 0 aliphatic heterocycles. The molecule has 12 heteroatoms. The highest BCUT2D eigenvalue weighted by atomic mass is 19.4. The van der Waals surface area contributed by atoms with Gasteiger partial charge in [0.25, 0.3) is 0 Å². The van der Waals surface area contributed by atoms with Crippen LogP contribution in [0.1, 0.15) is 5.82 Å². The minimum atomic E-state index is -4.78. The highest BCUT2D eigenvalue weighted by molar-refractivity contribution is 5.72. The molecule has 0 atom stereocenters. The number of benzene rings is 2. The second-order valence-electron chi connectivity index (χ2n) is 7.42. The smallest absolute Gasteiger partial charge is 0.406 e. The summed E-state index contributed by atoms with van der Waals surface area (Å²) in [6, 6.07) is 13.9. The molecule has 0 saturated heterocycles. The Hall–Kier alpha value is -4.35. The van der Waals surface area contributed by atoms with Crippen LogP contribution in [0.3, 0.4) is 0 Å². The number of rotatable bonds is 6.